The second-order valence-electron chi connectivity index (χ2n) is 5.06. The van der Waals surface area contributed by atoms with Gasteiger partial charge >= 0.3 is 0 Å². The number of carbonyl (C=O) groups is 2. The van der Waals surface area contributed by atoms with Gasteiger partial charge in [-0.25, -0.2) is 0 Å². The molecule has 0 heterocycles. The minimum absolute atomic E-state index is 0.118. The number of carbonyl (C=O) groups excluding carboxylic acids is 2. The van der Waals surface area contributed by atoms with Gasteiger partial charge in [0.2, 0.25) is 5.91 Å². The number of nitrogens with zero attached hydrogens (tertiary/aromatic N) is 1. The number of anilines is 1. The number of hydrogen-bond donors (Lipinski definition) is 1. The molecule has 0 fully saturated rings. The highest BCUT2D eigenvalue weighted by molar-refractivity contribution is 6.00. The van der Waals surface area contributed by atoms with Crippen molar-refractivity contribution in [2.24, 2.45) is 0 Å². The summed E-state index contributed by atoms with van der Waals surface area (Å²) in [5, 5.41) is 2.60. The first-order valence-corrected chi connectivity index (χ1v) is 7.30. The lowest BCUT2D eigenvalue weighted by Gasteiger charge is -2.18. The summed E-state index contributed by atoms with van der Waals surface area (Å²) < 4.78 is 5.08. The number of ether oxygens (including phenoxy) is 1. The number of methoxy groups -OCH3 is 1. The molecule has 0 aromatic heterocycles. The molecule has 0 atom stereocenters. The lowest BCUT2D eigenvalue weighted by atomic mass is 10.2. The Balaban J connectivity index is 1.99. The molecule has 2 rings (SSSR count). The molecule has 5 nitrogen and oxygen atoms in total. The zero-order valence-electron chi connectivity index (χ0n) is 13.6. The monoisotopic (exact) mass is 322 g/mol. The van der Waals surface area contributed by atoms with Gasteiger partial charge in [-0.3, -0.25) is 9.59 Å². The molecule has 0 aliphatic carbocycles. The molecule has 0 spiro atoms. The Hall–Kier alpha value is -3.26. The predicted molar refractivity (Wildman–Crippen MR) is 93.1 cm³/mol. The maximum Gasteiger partial charge on any atom is 0.251 e. The zero-order chi connectivity index (χ0) is 17.5. The fourth-order valence-corrected chi connectivity index (χ4v) is 2.09. The Morgan fingerprint density at radius 3 is 2.67 bits per heavy atom. The number of amides is 2. The third-order valence-corrected chi connectivity index (χ3v) is 3.51. The third-order valence-electron chi connectivity index (χ3n) is 3.51. The second-order valence-corrected chi connectivity index (χ2v) is 5.06. The van der Waals surface area contributed by atoms with Crippen LogP contribution in [0.5, 0.6) is 5.75 Å². The van der Waals surface area contributed by atoms with E-state index in [4.69, 9.17) is 11.2 Å². The van der Waals surface area contributed by atoms with Crippen molar-refractivity contribution in [1.29, 1.82) is 0 Å². The van der Waals surface area contributed by atoms with E-state index in [-0.39, 0.29) is 18.4 Å². The SMILES string of the molecule is C#Cc1cccc(N(C)C(=O)CNC(=O)c2cccc(OC)c2)c1. The van der Waals surface area contributed by atoms with Gasteiger partial charge in [-0.1, -0.05) is 18.1 Å². The van der Waals surface area contributed by atoms with E-state index in [0.29, 0.717) is 22.6 Å². The summed E-state index contributed by atoms with van der Waals surface area (Å²) in [4.78, 5) is 25.8. The smallest absolute Gasteiger partial charge is 0.251 e. The van der Waals surface area contributed by atoms with Crippen molar-refractivity contribution >= 4 is 17.5 Å². The van der Waals surface area contributed by atoms with Crippen LogP contribution >= 0.6 is 0 Å². The molecule has 0 bridgehead atoms. The summed E-state index contributed by atoms with van der Waals surface area (Å²) in [5.74, 6) is 2.52. The fourth-order valence-electron chi connectivity index (χ4n) is 2.09. The topological polar surface area (TPSA) is 58.6 Å². The van der Waals surface area contributed by atoms with E-state index >= 15 is 0 Å². The summed E-state index contributed by atoms with van der Waals surface area (Å²) in [5.41, 5.74) is 1.79. The molecule has 0 aliphatic heterocycles. The first-order valence-electron chi connectivity index (χ1n) is 7.30. The Morgan fingerprint density at radius 1 is 1.21 bits per heavy atom. The van der Waals surface area contributed by atoms with Crippen LogP contribution in [-0.2, 0) is 4.79 Å². The number of rotatable bonds is 5. The lowest BCUT2D eigenvalue weighted by molar-refractivity contribution is -0.117. The Kier molecular flexibility index (Phi) is 5.58. The van der Waals surface area contributed by atoms with E-state index < -0.39 is 0 Å². The molecule has 24 heavy (non-hydrogen) atoms. The Labute approximate surface area is 141 Å². The number of terminal acetylenes is 1. The molecule has 0 unspecified atom stereocenters. The number of nitrogens with one attached hydrogen (secondary N) is 1. The normalized spacial score (nSPS) is 9.71. The van der Waals surface area contributed by atoms with Crippen LogP contribution in [0.3, 0.4) is 0 Å². The minimum atomic E-state index is -0.340. The number of hydrogen-bond acceptors (Lipinski definition) is 3. The average Bonchev–Trinajstić information content (AvgIpc) is 2.65. The van der Waals surface area contributed by atoms with Crippen LogP contribution in [0.4, 0.5) is 5.69 Å². The summed E-state index contributed by atoms with van der Waals surface area (Å²) in [7, 11) is 3.16. The maximum atomic E-state index is 12.2. The first-order chi connectivity index (χ1) is 11.5. The van der Waals surface area contributed by atoms with Crippen LogP contribution in [0.15, 0.2) is 48.5 Å². The highest BCUT2D eigenvalue weighted by Crippen LogP contribution is 2.15. The fraction of sp³-hybridized carbons (Fsp3) is 0.158. The van der Waals surface area contributed by atoms with E-state index in [0.717, 1.165) is 0 Å². The first kappa shape index (κ1) is 17.1. The highest BCUT2D eigenvalue weighted by atomic mass is 16.5. The largest absolute Gasteiger partial charge is 0.497 e. The van der Waals surface area contributed by atoms with Gasteiger partial charge in [0.15, 0.2) is 0 Å². The molecular formula is C19H18N2O3. The van der Waals surface area contributed by atoms with Gasteiger partial charge in [-0.2, -0.15) is 0 Å². The van der Waals surface area contributed by atoms with E-state index in [2.05, 4.69) is 11.2 Å². The van der Waals surface area contributed by atoms with Gasteiger partial charge < -0.3 is 15.0 Å². The molecule has 2 amide bonds. The van der Waals surface area contributed by atoms with E-state index in [1.807, 2.05) is 0 Å². The molecule has 1 N–H and O–H groups in total. The van der Waals surface area contributed by atoms with Crippen LogP contribution in [-0.4, -0.2) is 32.5 Å². The van der Waals surface area contributed by atoms with Gasteiger partial charge in [0.05, 0.1) is 13.7 Å². The van der Waals surface area contributed by atoms with Gasteiger partial charge in [-0.15, -0.1) is 6.42 Å². The van der Waals surface area contributed by atoms with Crippen molar-refractivity contribution in [3.05, 3.63) is 59.7 Å². The average molecular weight is 322 g/mol. The highest BCUT2D eigenvalue weighted by Gasteiger charge is 2.13. The summed E-state index contributed by atoms with van der Waals surface area (Å²) >= 11 is 0. The van der Waals surface area contributed by atoms with Crippen molar-refractivity contribution in [3.8, 4) is 18.1 Å². The van der Waals surface area contributed by atoms with Crippen LogP contribution in [0, 0.1) is 12.3 Å². The van der Waals surface area contributed by atoms with Crippen LogP contribution < -0.4 is 15.0 Å². The van der Waals surface area contributed by atoms with Crippen molar-refractivity contribution < 1.29 is 14.3 Å². The minimum Gasteiger partial charge on any atom is -0.497 e. The zero-order valence-corrected chi connectivity index (χ0v) is 13.6. The van der Waals surface area contributed by atoms with Crippen LogP contribution in [0.2, 0.25) is 0 Å². The van der Waals surface area contributed by atoms with Gasteiger partial charge in [-0.05, 0) is 36.4 Å². The molecule has 5 heteroatoms. The lowest BCUT2D eigenvalue weighted by Crippen LogP contribution is -2.38. The van der Waals surface area contributed by atoms with E-state index in [9.17, 15) is 9.59 Å². The predicted octanol–water partition coefficient (Wildman–Crippen LogP) is 2.07. The maximum absolute atomic E-state index is 12.2. The molecule has 122 valence electrons. The summed E-state index contributed by atoms with van der Waals surface area (Å²) in [6, 6.07) is 13.8. The van der Waals surface area contributed by atoms with E-state index in [1.54, 1.807) is 55.6 Å². The summed E-state index contributed by atoms with van der Waals surface area (Å²) in [6.07, 6.45) is 5.36. The third kappa shape index (κ3) is 4.14. The van der Waals surface area contributed by atoms with E-state index in [1.165, 1.54) is 12.0 Å². The second kappa shape index (κ2) is 7.84. The van der Waals surface area contributed by atoms with Gasteiger partial charge in [0.25, 0.3) is 5.91 Å². The number of benzene rings is 2. The molecule has 0 saturated heterocycles. The quantitative estimate of drug-likeness (QED) is 0.857. The van der Waals surface area contributed by atoms with Crippen molar-refractivity contribution in [1.82, 2.24) is 5.32 Å². The van der Waals surface area contributed by atoms with Crippen molar-refractivity contribution in [2.75, 3.05) is 25.6 Å². The number of likely N-dealkylation sites (N-methyl/N-ethyl adjacent to an activating group) is 1. The van der Waals surface area contributed by atoms with Gasteiger partial charge in [0, 0.05) is 23.9 Å². The molecule has 0 radical (unpaired) electrons. The van der Waals surface area contributed by atoms with Crippen molar-refractivity contribution in [3.63, 3.8) is 0 Å². The Bertz CT molecular complexity index is 793. The van der Waals surface area contributed by atoms with Crippen LogP contribution in [0.1, 0.15) is 15.9 Å². The molecule has 0 saturated carbocycles. The molecular weight excluding hydrogens is 304 g/mol. The standard InChI is InChI=1S/C19H18N2O3/c1-4-14-7-5-9-16(11-14)21(2)18(22)13-20-19(23)15-8-6-10-17(12-15)24-3/h1,5-12H,13H2,2-3H3,(H,20,23). The molecule has 2 aromatic rings. The van der Waals surface area contributed by atoms with Gasteiger partial charge in [0.1, 0.15) is 5.75 Å². The van der Waals surface area contributed by atoms with Crippen molar-refractivity contribution in [2.45, 2.75) is 0 Å². The molecule has 0 aliphatic rings. The van der Waals surface area contributed by atoms with Crippen LogP contribution in [0.25, 0.3) is 0 Å². The Morgan fingerprint density at radius 2 is 1.96 bits per heavy atom. The molecule has 2 aromatic carbocycles. The summed E-state index contributed by atoms with van der Waals surface area (Å²) in [6.45, 7) is -0.118.